The van der Waals surface area contributed by atoms with E-state index < -0.39 is 41.6 Å². The number of nitrogens with zero attached hydrogens (tertiary/aromatic N) is 1. The van der Waals surface area contributed by atoms with Crippen molar-refractivity contribution >= 4 is 23.9 Å². The number of aromatic hydroxyl groups is 1. The predicted octanol–water partition coefficient (Wildman–Crippen LogP) is 3.16. The number of carbonyl (C=O) groups is 4. The zero-order chi connectivity index (χ0) is 28.7. The Labute approximate surface area is 228 Å². The van der Waals surface area contributed by atoms with Crippen LogP contribution in [0.3, 0.4) is 0 Å². The van der Waals surface area contributed by atoms with Crippen molar-refractivity contribution < 1.29 is 33.8 Å². The van der Waals surface area contributed by atoms with Crippen molar-refractivity contribution in [1.29, 1.82) is 0 Å². The number of benzene rings is 2. The van der Waals surface area contributed by atoms with Crippen molar-refractivity contribution in [1.82, 2.24) is 15.5 Å². The van der Waals surface area contributed by atoms with Gasteiger partial charge in [0.1, 0.15) is 30.0 Å². The van der Waals surface area contributed by atoms with Crippen molar-refractivity contribution in [2.45, 2.75) is 70.7 Å². The molecule has 0 bridgehead atoms. The highest BCUT2D eigenvalue weighted by Crippen LogP contribution is 2.36. The Bertz CT molecular complexity index is 1190. The van der Waals surface area contributed by atoms with Crippen LogP contribution in [0.5, 0.6) is 5.75 Å². The molecule has 210 valence electrons. The number of phenolic OH excluding ortho intramolecular Hbond substituents is 1. The van der Waals surface area contributed by atoms with Crippen LogP contribution in [0.1, 0.15) is 56.3 Å². The zero-order valence-corrected chi connectivity index (χ0v) is 23.0. The molecule has 2 aromatic carbocycles. The summed E-state index contributed by atoms with van der Waals surface area (Å²) in [4.78, 5) is 53.9. The zero-order valence-electron chi connectivity index (χ0n) is 23.0. The van der Waals surface area contributed by atoms with Crippen molar-refractivity contribution in [2.24, 2.45) is 0 Å². The van der Waals surface area contributed by atoms with E-state index in [1.165, 1.54) is 24.1 Å². The van der Waals surface area contributed by atoms with Gasteiger partial charge in [-0.1, -0.05) is 36.4 Å². The number of ether oxygens (including phenoxy) is 2. The number of alkyl carbamates (subject to hydrolysis) is 1. The predicted molar refractivity (Wildman–Crippen MR) is 144 cm³/mol. The molecule has 39 heavy (non-hydrogen) atoms. The van der Waals surface area contributed by atoms with Crippen LogP contribution >= 0.6 is 0 Å². The van der Waals surface area contributed by atoms with E-state index in [0.29, 0.717) is 24.0 Å². The number of aryl methyl sites for hydroxylation is 1. The SMILES string of the molecule is COC(=O)CNC(=O)C(c1ccccc1C)N(C(=O)C(Cc1ccc(O)cc1)NC(=O)OC(C)(C)C)C1CC1. The molecule has 0 aliphatic heterocycles. The van der Waals surface area contributed by atoms with Gasteiger partial charge in [-0.15, -0.1) is 0 Å². The van der Waals surface area contributed by atoms with Crippen LogP contribution in [0.15, 0.2) is 48.5 Å². The highest BCUT2D eigenvalue weighted by atomic mass is 16.6. The summed E-state index contributed by atoms with van der Waals surface area (Å²) in [7, 11) is 1.23. The Morgan fingerprint density at radius 1 is 1.05 bits per heavy atom. The number of amides is 3. The first kappa shape index (κ1) is 29.5. The third-order valence-corrected chi connectivity index (χ3v) is 6.20. The van der Waals surface area contributed by atoms with Crippen molar-refractivity contribution in [2.75, 3.05) is 13.7 Å². The van der Waals surface area contributed by atoms with Gasteiger partial charge in [-0.25, -0.2) is 4.79 Å². The lowest BCUT2D eigenvalue weighted by Gasteiger charge is -2.35. The van der Waals surface area contributed by atoms with Crippen LogP contribution in [-0.4, -0.2) is 65.2 Å². The Kier molecular flexibility index (Phi) is 9.56. The van der Waals surface area contributed by atoms with Gasteiger partial charge >= 0.3 is 12.1 Å². The first-order valence-electron chi connectivity index (χ1n) is 12.9. The minimum Gasteiger partial charge on any atom is -0.508 e. The van der Waals surface area contributed by atoms with Crippen molar-refractivity contribution in [3.8, 4) is 5.75 Å². The summed E-state index contributed by atoms with van der Waals surface area (Å²) in [6, 6.07) is 11.2. The molecule has 0 heterocycles. The van der Waals surface area contributed by atoms with E-state index in [0.717, 1.165) is 5.56 Å². The van der Waals surface area contributed by atoms with Gasteiger partial charge in [-0.2, -0.15) is 0 Å². The molecule has 1 aliphatic rings. The van der Waals surface area contributed by atoms with E-state index in [1.807, 2.05) is 19.1 Å². The molecule has 10 heteroatoms. The van der Waals surface area contributed by atoms with E-state index in [-0.39, 0.29) is 24.8 Å². The molecule has 0 saturated heterocycles. The fraction of sp³-hybridized carbons (Fsp3) is 0.448. The number of hydrogen-bond acceptors (Lipinski definition) is 7. The normalized spacial score (nSPS) is 14.5. The van der Waals surface area contributed by atoms with Crippen LogP contribution in [0.25, 0.3) is 0 Å². The number of esters is 1. The van der Waals surface area contributed by atoms with Gasteiger partial charge in [0.15, 0.2) is 0 Å². The number of carbonyl (C=O) groups excluding carboxylic acids is 4. The molecule has 3 rings (SSSR count). The van der Waals surface area contributed by atoms with E-state index in [9.17, 15) is 24.3 Å². The lowest BCUT2D eigenvalue weighted by Crippen LogP contribution is -2.54. The number of methoxy groups -OCH3 is 1. The molecule has 0 aromatic heterocycles. The molecule has 2 aromatic rings. The Balaban J connectivity index is 2.00. The molecule has 2 atom stereocenters. The van der Waals surface area contributed by atoms with Gasteiger partial charge < -0.3 is 30.1 Å². The van der Waals surface area contributed by atoms with Crippen molar-refractivity contribution in [3.05, 3.63) is 65.2 Å². The van der Waals surface area contributed by atoms with Crippen LogP contribution < -0.4 is 10.6 Å². The van der Waals surface area contributed by atoms with Crippen LogP contribution in [0.2, 0.25) is 0 Å². The topological polar surface area (TPSA) is 134 Å². The average molecular weight is 540 g/mol. The maximum absolute atomic E-state index is 14.3. The largest absolute Gasteiger partial charge is 0.508 e. The molecule has 10 nitrogen and oxygen atoms in total. The molecule has 0 radical (unpaired) electrons. The Hall–Kier alpha value is -4.08. The molecule has 0 spiro atoms. The van der Waals surface area contributed by atoms with Crippen LogP contribution in [-0.2, 0) is 30.3 Å². The minimum atomic E-state index is -1.06. The van der Waals surface area contributed by atoms with E-state index >= 15 is 0 Å². The van der Waals surface area contributed by atoms with E-state index in [1.54, 1.807) is 45.0 Å². The second-order valence-corrected chi connectivity index (χ2v) is 10.6. The molecule has 1 fully saturated rings. The first-order chi connectivity index (χ1) is 18.4. The second-order valence-electron chi connectivity index (χ2n) is 10.6. The monoisotopic (exact) mass is 539 g/mol. The fourth-order valence-corrected chi connectivity index (χ4v) is 4.21. The summed E-state index contributed by atoms with van der Waals surface area (Å²) in [6.07, 6.45) is 0.720. The van der Waals surface area contributed by atoms with Crippen LogP contribution in [0, 0.1) is 6.92 Å². The van der Waals surface area contributed by atoms with Gasteiger partial charge in [0.2, 0.25) is 11.8 Å². The molecule has 1 saturated carbocycles. The molecular weight excluding hydrogens is 502 g/mol. The van der Waals surface area contributed by atoms with Gasteiger partial charge in [-0.05, 0) is 69.4 Å². The van der Waals surface area contributed by atoms with E-state index in [4.69, 9.17) is 4.74 Å². The fourth-order valence-electron chi connectivity index (χ4n) is 4.21. The highest BCUT2D eigenvalue weighted by Gasteiger charge is 2.44. The number of phenols is 1. The lowest BCUT2D eigenvalue weighted by atomic mass is 9.97. The molecule has 3 N–H and O–H groups in total. The van der Waals surface area contributed by atoms with Gasteiger partial charge in [0.05, 0.1) is 7.11 Å². The summed E-state index contributed by atoms with van der Waals surface area (Å²) in [5, 5.41) is 15.0. The number of hydrogen-bond donors (Lipinski definition) is 3. The maximum atomic E-state index is 14.3. The standard InChI is InChI=1S/C29H37N3O7/c1-18-8-6-7-9-22(18)25(26(35)30-17-24(34)38-5)32(20-12-13-20)27(36)23(31-28(37)39-29(2,3)4)16-19-10-14-21(33)15-11-19/h6-11,14-15,20,23,25,33H,12-13,16-17H2,1-5H3,(H,30,35)(H,31,37). The van der Waals surface area contributed by atoms with E-state index in [2.05, 4.69) is 15.4 Å². The number of rotatable bonds is 10. The highest BCUT2D eigenvalue weighted by molar-refractivity contribution is 5.94. The first-order valence-corrected chi connectivity index (χ1v) is 12.9. The summed E-state index contributed by atoms with van der Waals surface area (Å²) < 4.78 is 10.1. The van der Waals surface area contributed by atoms with Crippen LogP contribution in [0.4, 0.5) is 4.79 Å². The smallest absolute Gasteiger partial charge is 0.408 e. The van der Waals surface area contributed by atoms with Gasteiger partial charge in [0.25, 0.3) is 0 Å². The summed E-state index contributed by atoms with van der Waals surface area (Å²) >= 11 is 0. The lowest BCUT2D eigenvalue weighted by molar-refractivity contribution is -0.145. The molecule has 2 unspecified atom stereocenters. The quantitative estimate of drug-likeness (QED) is 0.395. The summed E-state index contributed by atoms with van der Waals surface area (Å²) in [5.74, 6) is -1.54. The average Bonchev–Trinajstić information content (AvgIpc) is 3.70. The molecule has 3 amide bonds. The minimum absolute atomic E-state index is 0.0724. The second kappa shape index (κ2) is 12.6. The number of nitrogens with one attached hydrogen (secondary N) is 2. The Morgan fingerprint density at radius 3 is 2.26 bits per heavy atom. The summed E-state index contributed by atoms with van der Waals surface area (Å²) in [6.45, 7) is 6.66. The summed E-state index contributed by atoms with van der Waals surface area (Å²) in [5.41, 5.74) is 1.31. The van der Waals surface area contributed by atoms with Gasteiger partial charge in [0, 0.05) is 12.5 Å². The van der Waals surface area contributed by atoms with Gasteiger partial charge in [-0.3, -0.25) is 14.4 Å². The third kappa shape index (κ3) is 8.46. The molecule has 1 aliphatic carbocycles. The Morgan fingerprint density at radius 2 is 1.69 bits per heavy atom. The maximum Gasteiger partial charge on any atom is 0.408 e. The van der Waals surface area contributed by atoms with Crippen molar-refractivity contribution in [3.63, 3.8) is 0 Å². The molecular formula is C29H37N3O7. The third-order valence-electron chi connectivity index (χ3n) is 6.20.